The molecule has 0 aromatic heterocycles. The summed E-state index contributed by atoms with van der Waals surface area (Å²) in [7, 11) is 0. The number of halogens is 2. The lowest BCUT2D eigenvalue weighted by Crippen LogP contribution is -2.39. The third-order valence-electron chi connectivity index (χ3n) is 2.69. The molecular formula is C13H18Cl2N2O2. The van der Waals surface area contributed by atoms with Gasteiger partial charge in [0.1, 0.15) is 0 Å². The zero-order valence-corrected chi connectivity index (χ0v) is 12.5. The van der Waals surface area contributed by atoms with E-state index in [1.807, 2.05) is 18.7 Å². The molecule has 0 heterocycles. The van der Waals surface area contributed by atoms with Crippen LogP contribution < -0.4 is 5.32 Å². The van der Waals surface area contributed by atoms with Gasteiger partial charge in [-0.25, -0.2) is 0 Å². The van der Waals surface area contributed by atoms with Crippen molar-refractivity contribution in [2.24, 2.45) is 0 Å². The maximum Gasteiger partial charge on any atom is 0.238 e. The molecule has 0 bridgehead atoms. The van der Waals surface area contributed by atoms with Crippen LogP contribution in [0.4, 0.5) is 5.69 Å². The van der Waals surface area contributed by atoms with E-state index in [1.165, 1.54) is 0 Å². The van der Waals surface area contributed by atoms with Crippen molar-refractivity contribution >= 4 is 34.8 Å². The minimum atomic E-state index is -0.211. The number of hydrogen-bond acceptors (Lipinski definition) is 3. The zero-order chi connectivity index (χ0) is 14.4. The molecule has 1 aromatic rings. The van der Waals surface area contributed by atoms with Crippen LogP contribution in [-0.2, 0) is 4.79 Å². The first-order chi connectivity index (χ1) is 8.95. The molecule has 0 radical (unpaired) electrons. The number of anilines is 1. The van der Waals surface area contributed by atoms with E-state index in [9.17, 15) is 4.79 Å². The van der Waals surface area contributed by atoms with Crippen LogP contribution in [0, 0.1) is 0 Å². The number of rotatable bonds is 6. The molecule has 0 aliphatic carbocycles. The van der Waals surface area contributed by atoms with Crippen LogP contribution >= 0.6 is 23.2 Å². The first-order valence-electron chi connectivity index (χ1n) is 6.04. The molecule has 19 heavy (non-hydrogen) atoms. The number of nitrogens with zero attached hydrogens (tertiary/aromatic N) is 1. The molecule has 0 saturated heterocycles. The van der Waals surface area contributed by atoms with Gasteiger partial charge in [0.25, 0.3) is 0 Å². The Morgan fingerprint density at radius 1 is 1.37 bits per heavy atom. The summed E-state index contributed by atoms with van der Waals surface area (Å²) in [5.74, 6) is -0.211. The highest BCUT2D eigenvalue weighted by atomic mass is 35.5. The van der Waals surface area contributed by atoms with Crippen molar-refractivity contribution in [1.82, 2.24) is 4.90 Å². The van der Waals surface area contributed by atoms with E-state index in [0.717, 1.165) is 0 Å². The highest BCUT2D eigenvalue weighted by molar-refractivity contribution is 6.39. The molecule has 0 spiro atoms. The quantitative estimate of drug-likeness (QED) is 0.849. The zero-order valence-electron chi connectivity index (χ0n) is 11.0. The summed E-state index contributed by atoms with van der Waals surface area (Å²) in [6, 6.07) is 5.21. The first kappa shape index (κ1) is 16.2. The van der Waals surface area contributed by atoms with Crippen LogP contribution in [0.3, 0.4) is 0 Å². The Bertz CT molecular complexity index is 418. The summed E-state index contributed by atoms with van der Waals surface area (Å²) in [6.07, 6.45) is 0. The first-order valence-corrected chi connectivity index (χ1v) is 6.80. The second-order valence-corrected chi connectivity index (χ2v) is 5.25. The fourth-order valence-corrected chi connectivity index (χ4v) is 2.12. The van der Waals surface area contributed by atoms with Crippen molar-refractivity contribution in [2.75, 3.05) is 25.0 Å². The average Bonchev–Trinajstić information content (AvgIpc) is 2.33. The number of para-hydroxylation sites is 1. The van der Waals surface area contributed by atoms with Crippen LogP contribution in [0.1, 0.15) is 13.8 Å². The summed E-state index contributed by atoms with van der Waals surface area (Å²) in [5, 5.41) is 12.5. The van der Waals surface area contributed by atoms with E-state index < -0.39 is 0 Å². The number of hydrogen-bond donors (Lipinski definition) is 2. The van der Waals surface area contributed by atoms with Crippen molar-refractivity contribution in [3.63, 3.8) is 0 Å². The third kappa shape index (κ3) is 4.99. The monoisotopic (exact) mass is 304 g/mol. The number of aliphatic hydroxyl groups excluding tert-OH is 1. The van der Waals surface area contributed by atoms with Gasteiger partial charge < -0.3 is 10.4 Å². The molecule has 0 saturated carbocycles. The highest BCUT2D eigenvalue weighted by Crippen LogP contribution is 2.29. The van der Waals surface area contributed by atoms with E-state index in [1.54, 1.807) is 18.2 Å². The number of aliphatic hydroxyl groups is 1. The predicted molar refractivity (Wildman–Crippen MR) is 78.9 cm³/mol. The van der Waals surface area contributed by atoms with Gasteiger partial charge in [0.2, 0.25) is 5.91 Å². The second-order valence-electron chi connectivity index (χ2n) is 4.43. The molecule has 4 nitrogen and oxygen atoms in total. The van der Waals surface area contributed by atoms with E-state index >= 15 is 0 Å². The molecule has 1 amide bonds. The van der Waals surface area contributed by atoms with Crippen LogP contribution in [0.2, 0.25) is 10.0 Å². The number of amides is 1. The van der Waals surface area contributed by atoms with E-state index in [2.05, 4.69) is 5.32 Å². The molecule has 2 N–H and O–H groups in total. The highest BCUT2D eigenvalue weighted by Gasteiger charge is 2.15. The lowest BCUT2D eigenvalue weighted by atomic mass is 10.3. The Hall–Kier alpha value is -0.810. The van der Waals surface area contributed by atoms with Crippen LogP contribution in [0.25, 0.3) is 0 Å². The van der Waals surface area contributed by atoms with Gasteiger partial charge >= 0.3 is 0 Å². The lowest BCUT2D eigenvalue weighted by molar-refractivity contribution is -0.117. The third-order valence-corrected chi connectivity index (χ3v) is 3.32. The minimum Gasteiger partial charge on any atom is -0.395 e. The molecule has 0 fully saturated rings. The number of nitrogens with one attached hydrogen (secondary N) is 1. The van der Waals surface area contributed by atoms with Crippen LogP contribution in [0.5, 0.6) is 0 Å². The SMILES string of the molecule is CC(C)N(CCO)CC(=O)Nc1c(Cl)cccc1Cl. The molecule has 1 aromatic carbocycles. The molecule has 1 rings (SSSR count). The molecule has 106 valence electrons. The largest absolute Gasteiger partial charge is 0.395 e. The average molecular weight is 305 g/mol. The van der Waals surface area contributed by atoms with E-state index in [-0.39, 0.29) is 25.1 Å². The summed E-state index contributed by atoms with van der Waals surface area (Å²) in [4.78, 5) is 13.8. The molecule has 6 heteroatoms. The standard InChI is InChI=1S/C13H18Cl2N2O2/c1-9(2)17(6-7-18)8-12(19)16-13-10(14)4-3-5-11(13)15/h3-5,9,18H,6-8H2,1-2H3,(H,16,19). The number of carbonyl (C=O) groups is 1. The Kier molecular flexibility index (Phi) is 6.58. The normalized spacial score (nSPS) is 11.1. The summed E-state index contributed by atoms with van der Waals surface area (Å²) in [6.45, 7) is 4.57. The Morgan fingerprint density at radius 3 is 2.42 bits per heavy atom. The fourth-order valence-electron chi connectivity index (χ4n) is 1.63. The number of benzene rings is 1. The van der Waals surface area contributed by atoms with Crippen molar-refractivity contribution in [3.8, 4) is 0 Å². The molecular weight excluding hydrogens is 287 g/mol. The molecule has 0 atom stereocenters. The van der Waals surface area contributed by atoms with Crippen molar-refractivity contribution in [1.29, 1.82) is 0 Å². The van der Waals surface area contributed by atoms with Gasteiger partial charge in [0, 0.05) is 12.6 Å². The van der Waals surface area contributed by atoms with Gasteiger partial charge in [-0.1, -0.05) is 29.3 Å². The second kappa shape index (κ2) is 7.70. The van der Waals surface area contributed by atoms with E-state index in [0.29, 0.717) is 22.3 Å². The maximum atomic E-state index is 12.0. The van der Waals surface area contributed by atoms with Gasteiger partial charge in [-0.3, -0.25) is 9.69 Å². The maximum absolute atomic E-state index is 12.0. The van der Waals surface area contributed by atoms with Gasteiger partial charge in [-0.2, -0.15) is 0 Å². The van der Waals surface area contributed by atoms with Crippen molar-refractivity contribution < 1.29 is 9.90 Å². The van der Waals surface area contributed by atoms with Gasteiger partial charge in [-0.15, -0.1) is 0 Å². The van der Waals surface area contributed by atoms with E-state index in [4.69, 9.17) is 28.3 Å². The topological polar surface area (TPSA) is 52.6 Å². The fraction of sp³-hybridized carbons (Fsp3) is 0.462. The smallest absolute Gasteiger partial charge is 0.238 e. The van der Waals surface area contributed by atoms with Crippen molar-refractivity contribution in [3.05, 3.63) is 28.2 Å². The molecule has 0 aliphatic heterocycles. The van der Waals surface area contributed by atoms with Crippen molar-refractivity contribution in [2.45, 2.75) is 19.9 Å². The number of carbonyl (C=O) groups excluding carboxylic acids is 1. The molecule has 0 unspecified atom stereocenters. The predicted octanol–water partition coefficient (Wildman–Crippen LogP) is 2.63. The molecule has 0 aliphatic rings. The lowest BCUT2D eigenvalue weighted by Gasteiger charge is -2.24. The summed E-state index contributed by atoms with van der Waals surface area (Å²) >= 11 is 12.0. The van der Waals surface area contributed by atoms with Gasteiger partial charge in [0.05, 0.1) is 28.9 Å². The summed E-state index contributed by atoms with van der Waals surface area (Å²) < 4.78 is 0. The Morgan fingerprint density at radius 2 is 1.95 bits per heavy atom. The Balaban J connectivity index is 2.69. The summed E-state index contributed by atoms with van der Waals surface area (Å²) in [5.41, 5.74) is 0.420. The van der Waals surface area contributed by atoms with Crippen LogP contribution in [-0.4, -0.2) is 41.7 Å². The van der Waals surface area contributed by atoms with Gasteiger partial charge in [0.15, 0.2) is 0 Å². The Labute approximate surface area is 123 Å². The van der Waals surface area contributed by atoms with Gasteiger partial charge in [-0.05, 0) is 26.0 Å². The minimum absolute atomic E-state index is 0.0122. The van der Waals surface area contributed by atoms with Crippen LogP contribution in [0.15, 0.2) is 18.2 Å².